The van der Waals surface area contributed by atoms with Crippen molar-refractivity contribution in [1.29, 1.82) is 0 Å². The molecule has 0 bridgehead atoms. The molecule has 0 aliphatic carbocycles. The van der Waals surface area contributed by atoms with E-state index in [4.69, 9.17) is 19.2 Å². The molecule has 0 spiro atoms. The van der Waals surface area contributed by atoms with Crippen LogP contribution in [0.5, 0.6) is 11.5 Å². The standard InChI is InChI=1S/C24H30N4O4S/c1-4-32-24(29)28-9-7-27(8-10-28)23-18(15-25-16-19-6-5-11-33-19)12-17-13-21(30-2)22(31-3)14-20(17)26-23/h5-6,11-14,25H,4,7-10,15-16H2,1-3H3. The van der Waals surface area contributed by atoms with Gasteiger partial charge in [0, 0.05) is 61.2 Å². The Morgan fingerprint density at radius 3 is 2.52 bits per heavy atom. The van der Waals surface area contributed by atoms with Crippen LogP contribution in [0.2, 0.25) is 0 Å². The number of rotatable bonds is 8. The van der Waals surface area contributed by atoms with E-state index in [0.717, 1.165) is 28.8 Å². The Bertz CT molecular complexity index is 1080. The molecule has 2 aromatic heterocycles. The summed E-state index contributed by atoms with van der Waals surface area (Å²) in [6.45, 7) is 6.30. The maximum atomic E-state index is 12.1. The largest absolute Gasteiger partial charge is 0.493 e. The van der Waals surface area contributed by atoms with E-state index in [9.17, 15) is 4.79 Å². The van der Waals surface area contributed by atoms with Gasteiger partial charge in [-0.15, -0.1) is 11.3 Å². The van der Waals surface area contributed by atoms with E-state index in [-0.39, 0.29) is 6.09 Å². The quantitative estimate of drug-likeness (QED) is 0.535. The second-order valence-corrected chi connectivity index (χ2v) is 8.76. The first-order valence-electron chi connectivity index (χ1n) is 11.1. The van der Waals surface area contributed by atoms with Crippen molar-refractivity contribution in [3.05, 3.63) is 46.2 Å². The molecular formula is C24H30N4O4S. The first-order valence-corrected chi connectivity index (χ1v) is 12.0. The van der Waals surface area contributed by atoms with Gasteiger partial charge in [0.2, 0.25) is 0 Å². The molecule has 1 aliphatic heterocycles. The maximum Gasteiger partial charge on any atom is 0.409 e. The predicted molar refractivity (Wildman–Crippen MR) is 131 cm³/mol. The van der Waals surface area contributed by atoms with Gasteiger partial charge in [-0.25, -0.2) is 9.78 Å². The van der Waals surface area contributed by atoms with Crippen molar-refractivity contribution in [3.63, 3.8) is 0 Å². The van der Waals surface area contributed by atoms with Crippen LogP contribution >= 0.6 is 11.3 Å². The number of nitrogens with zero attached hydrogens (tertiary/aromatic N) is 3. The number of anilines is 1. The van der Waals surface area contributed by atoms with Gasteiger partial charge in [0.1, 0.15) is 5.82 Å². The van der Waals surface area contributed by atoms with E-state index in [1.807, 2.05) is 19.1 Å². The van der Waals surface area contributed by atoms with Gasteiger partial charge in [0.05, 0.1) is 26.3 Å². The van der Waals surface area contributed by atoms with E-state index in [0.29, 0.717) is 50.8 Å². The van der Waals surface area contributed by atoms with Crippen molar-refractivity contribution in [2.24, 2.45) is 0 Å². The highest BCUT2D eigenvalue weighted by Crippen LogP contribution is 2.34. The molecular weight excluding hydrogens is 440 g/mol. The summed E-state index contributed by atoms with van der Waals surface area (Å²) in [6.07, 6.45) is -0.252. The number of thiophene rings is 1. The smallest absolute Gasteiger partial charge is 0.409 e. The lowest BCUT2D eigenvalue weighted by Gasteiger charge is -2.35. The van der Waals surface area contributed by atoms with E-state index in [1.165, 1.54) is 4.88 Å². The molecule has 8 nitrogen and oxygen atoms in total. The summed E-state index contributed by atoms with van der Waals surface area (Å²) >= 11 is 1.74. The van der Waals surface area contributed by atoms with Crippen LogP contribution in [0.1, 0.15) is 17.4 Å². The number of pyridine rings is 1. The lowest BCUT2D eigenvalue weighted by molar-refractivity contribution is 0.105. The van der Waals surface area contributed by atoms with Crippen LogP contribution < -0.4 is 19.7 Å². The lowest BCUT2D eigenvalue weighted by Crippen LogP contribution is -2.49. The third-order valence-electron chi connectivity index (χ3n) is 5.68. The van der Waals surface area contributed by atoms with Crippen molar-refractivity contribution in [2.45, 2.75) is 20.0 Å². The van der Waals surface area contributed by atoms with Crippen LogP contribution in [-0.2, 0) is 17.8 Å². The molecule has 33 heavy (non-hydrogen) atoms. The third kappa shape index (κ3) is 5.31. The fourth-order valence-electron chi connectivity index (χ4n) is 3.99. The van der Waals surface area contributed by atoms with Crippen molar-refractivity contribution in [3.8, 4) is 11.5 Å². The van der Waals surface area contributed by atoms with Gasteiger partial charge < -0.3 is 29.3 Å². The van der Waals surface area contributed by atoms with Crippen LogP contribution in [-0.4, -0.2) is 63.0 Å². The molecule has 3 aromatic rings. The summed E-state index contributed by atoms with van der Waals surface area (Å²) < 4.78 is 16.1. The first kappa shape index (κ1) is 23.1. The number of piperazine rings is 1. The second kappa shape index (κ2) is 10.7. The first-order chi connectivity index (χ1) is 16.1. The molecule has 3 heterocycles. The van der Waals surface area contributed by atoms with Gasteiger partial charge in [-0.1, -0.05) is 6.07 Å². The summed E-state index contributed by atoms with van der Waals surface area (Å²) in [5.41, 5.74) is 1.95. The molecule has 0 radical (unpaired) electrons. The average Bonchev–Trinajstić information content (AvgIpc) is 3.36. The Balaban J connectivity index is 1.61. The van der Waals surface area contributed by atoms with Crippen LogP contribution in [0, 0.1) is 0 Å². The number of nitrogens with one attached hydrogen (secondary N) is 1. The fourth-order valence-corrected chi connectivity index (χ4v) is 4.66. The molecule has 1 saturated heterocycles. The molecule has 1 N–H and O–H groups in total. The molecule has 1 amide bonds. The summed E-state index contributed by atoms with van der Waals surface area (Å²) in [5.74, 6) is 2.26. The molecule has 0 saturated carbocycles. The number of fused-ring (bicyclic) bond motifs is 1. The monoisotopic (exact) mass is 470 g/mol. The molecule has 176 valence electrons. The molecule has 4 rings (SSSR count). The number of carbonyl (C=O) groups is 1. The van der Waals surface area contributed by atoms with Gasteiger partial charge in [0.25, 0.3) is 0 Å². The number of hydrogen-bond acceptors (Lipinski definition) is 8. The highest BCUT2D eigenvalue weighted by molar-refractivity contribution is 7.09. The minimum Gasteiger partial charge on any atom is -0.493 e. The fraction of sp³-hybridized carbons (Fsp3) is 0.417. The molecule has 0 unspecified atom stereocenters. The highest BCUT2D eigenvalue weighted by atomic mass is 32.1. The number of ether oxygens (including phenoxy) is 3. The van der Waals surface area contributed by atoms with Gasteiger partial charge in [-0.05, 0) is 30.5 Å². The van der Waals surface area contributed by atoms with Gasteiger partial charge in [-0.2, -0.15) is 0 Å². The molecule has 0 atom stereocenters. The Morgan fingerprint density at radius 2 is 1.85 bits per heavy atom. The number of hydrogen-bond donors (Lipinski definition) is 1. The molecule has 1 aromatic carbocycles. The number of methoxy groups -OCH3 is 2. The van der Waals surface area contributed by atoms with E-state index in [1.54, 1.807) is 30.5 Å². The third-order valence-corrected chi connectivity index (χ3v) is 6.55. The second-order valence-electron chi connectivity index (χ2n) is 7.73. The maximum absolute atomic E-state index is 12.1. The van der Waals surface area contributed by atoms with Crippen molar-refractivity contribution in [1.82, 2.24) is 15.2 Å². The van der Waals surface area contributed by atoms with Crippen molar-refractivity contribution in [2.75, 3.05) is 51.9 Å². The predicted octanol–water partition coefficient (Wildman–Crippen LogP) is 3.88. The zero-order chi connectivity index (χ0) is 23.2. The Hall–Kier alpha value is -3.04. The number of benzene rings is 1. The Labute approximate surface area is 198 Å². The zero-order valence-electron chi connectivity index (χ0n) is 19.3. The topological polar surface area (TPSA) is 76.2 Å². The Kier molecular flexibility index (Phi) is 7.51. The number of aromatic nitrogens is 1. The van der Waals surface area contributed by atoms with Crippen LogP contribution in [0.15, 0.2) is 35.7 Å². The van der Waals surface area contributed by atoms with Crippen molar-refractivity contribution < 1.29 is 19.0 Å². The normalized spacial score (nSPS) is 13.9. The van der Waals surface area contributed by atoms with E-state index >= 15 is 0 Å². The SMILES string of the molecule is CCOC(=O)N1CCN(c2nc3cc(OC)c(OC)cc3cc2CNCc2cccs2)CC1. The van der Waals surface area contributed by atoms with E-state index in [2.05, 4.69) is 33.8 Å². The van der Waals surface area contributed by atoms with Gasteiger partial charge in [-0.3, -0.25) is 0 Å². The minimum atomic E-state index is -0.252. The Morgan fingerprint density at radius 1 is 1.09 bits per heavy atom. The summed E-state index contributed by atoms with van der Waals surface area (Å²) in [6, 6.07) is 10.2. The van der Waals surface area contributed by atoms with Crippen LogP contribution in [0.25, 0.3) is 10.9 Å². The number of amides is 1. The zero-order valence-corrected chi connectivity index (χ0v) is 20.1. The van der Waals surface area contributed by atoms with Gasteiger partial charge >= 0.3 is 6.09 Å². The summed E-state index contributed by atoms with van der Waals surface area (Å²) in [5, 5.41) is 6.63. The summed E-state index contributed by atoms with van der Waals surface area (Å²) in [7, 11) is 3.26. The molecule has 9 heteroatoms. The highest BCUT2D eigenvalue weighted by Gasteiger charge is 2.24. The number of carbonyl (C=O) groups excluding carboxylic acids is 1. The minimum absolute atomic E-state index is 0.252. The van der Waals surface area contributed by atoms with Crippen LogP contribution in [0.4, 0.5) is 10.6 Å². The molecule has 1 aliphatic rings. The lowest BCUT2D eigenvalue weighted by atomic mass is 10.1. The molecule has 1 fully saturated rings. The van der Waals surface area contributed by atoms with Crippen LogP contribution in [0.3, 0.4) is 0 Å². The van der Waals surface area contributed by atoms with Gasteiger partial charge in [0.15, 0.2) is 11.5 Å². The average molecular weight is 471 g/mol. The van der Waals surface area contributed by atoms with E-state index < -0.39 is 0 Å². The summed E-state index contributed by atoms with van der Waals surface area (Å²) in [4.78, 5) is 22.4. The van der Waals surface area contributed by atoms with Crippen molar-refractivity contribution >= 4 is 34.2 Å².